The van der Waals surface area contributed by atoms with Gasteiger partial charge in [0, 0.05) is 21.5 Å². The third-order valence-corrected chi connectivity index (χ3v) is 4.48. The summed E-state index contributed by atoms with van der Waals surface area (Å²) in [5.74, 6) is -0.172. The van der Waals surface area contributed by atoms with Crippen LogP contribution in [0.1, 0.15) is 15.3 Å². The third-order valence-electron chi connectivity index (χ3n) is 2.87. The average molecular weight is 350 g/mol. The summed E-state index contributed by atoms with van der Waals surface area (Å²) in [6.45, 7) is 2.54. The van der Waals surface area contributed by atoms with Crippen LogP contribution in [0.15, 0.2) is 42.5 Å². The first-order valence-corrected chi connectivity index (χ1v) is 9.62. The van der Waals surface area contributed by atoms with Crippen LogP contribution in [0.3, 0.4) is 0 Å². The van der Waals surface area contributed by atoms with E-state index < -0.39 is 10.0 Å². The van der Waals surface area contributed by atoms with Gasteiger partial charge in [0.1, 0.15) is 0 Å². The number of hydrogen-bond donors (Lipinski definition) is 2. The second-order valence-corrected chi connectivity index (χ2v) is 8.18. The fraction of sp³-hybridized carbons (Fsp3) is 0.188. The van der Waals surface area contributed by atoms with E-state index in [-0.39, 0.29) is 5.91 Å². The molecule has 0 bridgehead atoms. The molecule has 1 amide bonds. The third kappa shape index (κ3) is 6.25. The number of aryl methyl sites for hydroxylation is 1. The largest absolute Gasteiger partial charge is 0.348 e. The summed E-state index contributed by atoms with van der Waals surface area (Å²) in [5.41, 5.74) is 1.30. The number of rotatable bonds is 6. The first-order chi connectivity index (χ1) is 10.8. The molecule has 0 aliphatic carbocycles. The van der Waals surface area contributed by atoms with Crippen LogP contribution in [0.5, 0.6) is 0 Å². The van der Waals surface area contributed by atoms with Gasteiger partial charge < -0.3 is 5.32 Å². The summed E-state index contributed by atoms with van der Waals surface area (Å²) in [6, 6.07) is 10.8. The normalized spacial score (nSPS) is 11.6. The molecule has 0 fully saturated rings. The number of nitrogens with one attached hydrogen (secondary N) is 2. The number of benzene rings is 1. The molecule has 1 aromatic carbocycles. The topological polar surface area (TPSA) is 75.3 Å². The zero-order valence-corrected chi connectivity index (χ0v) is 14.5. The molecule has 0 aliphatic heterocycles. The van der Waals surface area contributed by atoms with Gasteiger partial charge in [-0.05, 0) is 42.8 Å². The van der Waals surface area contributed by atoms with Gasteiger partial charge in [0.15, 0.2) is 0 Å². The number of carbonyl (C=O) groups is 1. The molecule has 2 aromatic rings. The zero-order chi connectivity index (χ0) is 16.9. The molecule has 5 nitrogen and oxygen atoms in total. The van der Waals surface area contributed by atoms with Crippen molar-refractivity contribution in [2.75, 3.05) is 11.0 Å². The van der Waals surface area contributed by atoms with Crippen molar-refractivity contribution >= 4 is 39.0 Å². The molecular formula is C16H18N2O3S2. The molecule has 0 atom stereocenters. The van der Waals surface area contributed by atoms with Crippen LogP contribution >= 0.6 is 11.3 Å². The van der Waals surface area contributed by atoms with E-state index in [0.29, 0.717) is 12.2 Å². The van der Waals surface area contributed by atoms with E-state index in [0.717, 1.165) is 16.7 Å². The Morgan fingerprint density at radius 1 is 1.17 bits per heavy atom. The lowest BCUT2D eigenvalue weighted by molar-refractivity contribution is -0.116. The molecule has 0 aliphatic rings. The van der Waals surface area contributed by atoms with Gasteiger partial charge in [-0.2, -0.15) is 0 Å². The lowest BCUT2D eigenvalue weighted by atomic mass is 10.2. The molecule has 23 heavy (non-hydrogen) atoms. The monoisotopic (exact) mass is 350 g/mol. The Labute approximate surface area is 140 Å². The van der Waals surface area contributed by atoms with Gasteiger partial charge in [-0.1, -0.05) is 12.1 Å². The number of anilines is 1. The molecule has 1 aromatic heterocycles. The maximum absolute atomic E-state index is 11.8. The van der Waals surface area contributed by atoms with E-state index in [2.05, 4.69) is 10.0 Å². The minimum Gasteiger partial charge on any atom is -0.348 e. The lowest BCUT2D eigenvalue weighted by Gasteiger charge is -2.03. The summed E-state index contributed by atoms with van der Waals surface area (Å²) in [7, 11) is -3.28. The quantitative estimate of drug-likeness (QED) is 0.787. The van der Waals surface area contributed by atoms with Crippen molar-refractivity contribution in [2.45, 2.75) is 13.5 Å². The lowest BCUT2D eigenvalue weighted by Crippen LogP contribution is -2.19. The summed E-state index contributed by atoms with van der Waals surface area (Å²) in [4.78, 5) is 14.1. The van der Waals surface area contributed by atoms with E-state index >= 15 is 0 Å². The fourth-order valence-electron chi connectivity index (χ4n) is 1.86. The Balaban J connectivity index is 1.88. The number of thiophene rings is 1. The number of amides is 1. The highest BCUT2D eigenvalue weighted by Crippen LogP contribution is 2.14. The van der Waals surface area contributed by atoms with Crippen molar-refractivity contribution in [1.82, 2.24) is 5.32 Å². The van der Waals surface area contributed by atoms with Crippen molar-refractivity contribution in [1.29, 1.82) is 0 Å². The predicted molar refractivity (Wildman–Crippen MR) is 94.8 cm³/mol. The number of carbonyl (C=O) groups excluding carboxylic acids is 1. The van der Waals surface area contributed by atoms with Gasteiger partial charge in [-0.25, -0.2) is 8.42 Å². The van der Waals surface area contributed by atoms with Gasteiger partial charge in [-0.15, -0.1) is 11.3 Å². The second-order valence-electron chi connectivity index (χ2n) is 5.06. The van der Waals surface area contributed by atoms with Crippen LogP contribution in [0.2, 0.25) is 0 Å². The molecule has 1 heterocycles. The van der Waals surface area contributed by atoms with Gasteiger partial charge in [0.05, 0.1) is 12.8 Å². The molecule has 122 valence electrons. The van der Waals surface area contributed by atoms with E-state index in [1.807, 2.05) is 19.1 Å². The van der Waals surface area contributed by atoms with Crippen LogP contribution in [0.4, 0.5) is 5.69 Å². The number of sulfonamides is 1. The van der Waals surface area contributed by atoms with Crippen molar-refractivity contribution in [2.24, 2.45) is 0 Å². The van der Waals surface area contributed by atoms with E-state index in [4.69, 9.17) is 0 Å². The summed E-state index contributed by atoms with van der Waals surface area (Å²) in [5, 5.41) is 2.82. The van der Waals surface area contributed by atoms with Crippen LogP contribution in [0, 0.1) is 6.92 Å². The Morgan fingerprint density at radius 2 is 1.87 bits per heavy atom. The minimum absolute atomic E-state index is 0.172. The molecular weight excluding hydrogens is 332 g/mol. The molecule has 0 saturated heterocycles. The summed E-state index contributed by atoms with van der Waals surface area (Å²) in [6.07, 6.45) is 4.24. The Bertz CT molecular complexity index is 806. The van der Waals surface area contributed by atoms with Gasteiger partial charge in [0.2, 0.25) is 15.9 Å². The van der Waals surface area contributed by atoms with E-state index in [9.17, 15) is 13.2 Å². The van der Waals surface area contributed by atoms with E-state index in [1.165, 1.54) is 11.0 Å². The highest BCUT2D eigenvalue weighted by Gasteiger charge is 2.01. The summed E-state index contributed by atoms with van der Waals surface area (Å²) < 4.78 is 24.6. The second kappa shape index (κ2) is 7.43. The van der Waals surface area contributed by atoms with Crippen LogP contribution in [0.25, 0.3) is 6.08 Å². The molecule has 0 saturated carbocycles. The molecule has 2 rings (SSSR count). The highest BCUT2D eigenvalue weighted by molar-refractivity contribution is 7.92. The van der Waals surface area contributed by atoms with Crippen molar-refractivity contribution in [3.05, 3.63) is 57.8 Å². The Hall–Kier alpha value is -2.12. The summed E-state index contributed by atoms with van der Waals surface area (Å²) >= 11 is 1.66. The molecule has 2 N–H and O–H groups in total. The first kappa shape index (κ1) is 17.2. The standard InChI is InChI=1S/C16H18N2O3S2/c1-12-3-9-15(22-12)11-17-16(19)10-6-13-4-7-14(8-5-13)18-23(2,20)21/h3-10,18H,11H2,1-2H3,(H,17,19). The van der Waals surface area contributed by atoms with Crippen LogP contribution in [-0.2, 0) is 21.4 Å². The molecule has 0 spiro atoms. The first-order valence-electron chi connectivity index (χ1n) is 6.91. The molecule has 0 unspecified atom stereocenters. The van der Waals surface area contributed by atoms with Crippen molar-refractivity contribution in [3.8, 4) is 0 Å². The maximum Gasteiger partial charge on any atom is 0.244 e. The maximum atomic E-state index is 11.8. The smallest absolute Gasteiger partial charge is 0.244 e. The van der Waals surface area contributed by atoms with E-state index in [1.54, 1.807) is 41.7 Å². The van der Waals surface area contributed by atoms with Crippen molar-refractivity contribution in [3.63, 3.8) is 0 Å². The van der Waals surface area contributed by atoms with Gasteiger partial charge in [-0.3, -0.25) is 9.52 Å². The van der Waals surface area contributed by atoms with Crippen molar-refractivity contribution < 1.29 is 13.2 Å². The number of hydrogen-bond acceptors (Lipinski definition) is 4. The SMILES string of the molecule is Cc1ccc(CNC(=O)C=Cc2ccc(NS(C)(=O)=O)cc2)s1. The predicted octanol–water partition coefficient (Wildman–Crippen LogP) is 2.76. The van der Waals surface area contributed by atoms with Gasteiger partial charge >= 0.3 is 0 Å². The highest BCUT2D eigenvalue weighted by atomic mass is 32.2. The molecule has 0 radical (unpaired) electrons. The van der Waals surface area contributed by atoms with Crippen LogP contribution in [-0.4, -0.2) is 20.6 Å². The Morgan fingerprint density at radius 3 is 2.43 bits per heavy atom. The van der Waals surface area contributed by atoms with Gasteiger partial charge in [0.25, 0.3) is 0 Å². The minimum atomic E-state index is -3.28. The fourth-order valence-corrected chi connectivity index (χ4v) is 3.26. The van der Waals surface area contributed by atoms with Crippen LogP contribution < -0.4 is 10.0 Å². The Kier molecular flexibility index (Phi) is 5.57. The zero-order valence-electron chi connectivity index (χ0n) is 12.9. The average Bonchev–Trinajstić information content (AvgIpc) is 2.88. The molecule has 7 heteroatoms.